The van der Waals surface area contributed by atoms with E-state index in [0.717, 1.165) is 0 Å². The van der Waals surface area contributed by atoms with Crippen LogP contribution < -0.4 is 0 Å². The summed E-state index contributed by atoms with van der Waals surface area (Å²) in [5, 5.41) is 21.4. The maximum absolute atomic E-state index is 9.95. The van der Waals surface area contributed by atoms with Gasteiger partial charge in [-0.1, -0.05) is 12.3 Å². The molecule has 0 saturated carbocycles. The topological polar surface area (TPSA) is 61.5 Å². The molecular weight excluding hydrogens is 108 g/mol. The molecule has 0 aromatic heterocycles. The molecule has 0 amide bonds. The molecule has 0 rings (SSSR count). The second kappa shape index (κ2) is 4.36. The van der Waals surface area contributed by atoms with Gasteiger partial charge in [-0.3, -0.25) is 0 Å². The van der Waals surface area contributed by atoms with Gasteiger partial charge in [-0.25, -0.2) is 0 Å². The van der Waals surface area contributed by atoms with E-state index in [1.165, 1.54) is 0 Å². The lowest BCUT2D eigenvalue weighted by molar-refractivity contribution is -0.556. The summed E-state index contributed by atoms with van der Waals surface area (Å²) in [5.74, 6) is 0. The van der Waals surface area contributed by atoms with Crippen molar-refractivity contribution in [3.63, 3.8) is 0 Å². The van der Waals surface area contributed by atoms with E-state index in [2.05, 4.69) is 5.28 Å². The summed E-state index contributed by atoms with van der Waals surface area (Å²) in [6, 6.07) is -0.336. The predicted octanol–water partition coefficient (Wildman–Crippen LogP) is 1.49. The van der Waals surface area contributed by atoms with Gasteiger partial charge in [-0.2, -0.15) is 0 Å². The summed E-state index contributed by atoms with van der Waals surface area (Å²) in [4.78, 5) is 0.111. The Bertz CT molecular complexity index is 80.1. The molecule has 0 aliphatic heterocycles. The number of hydroxylamine groups is 1. The molecule has 0 N–H and O–H groups in total. The van der Waals surface area contributed by atoms with E-state index < -0.39 is 0 Å². The van der Waals surface area contributed by atoms with Gasteiger partial charge in [0.1, 0.15) is 0 Å². The minimum Gasteiger partial charge on any atom is -0.739 e. The van der Waals surface area contributed by atoms with E-state index in [1.807, 2.05) is 0 Å². The van der Waals surface area contributed by atoms with Crippen LogP contribution in [0.4, 0.5) is 0 Å². The van der Waals surface area contributed by atoms with Crippen LogP contribution in [-0.2, 0) is 0 Å². The summed E-state index contributed by atoms with van der Waals surface area (Å²) < 4.78 is 0. The fourth-order valence-corrected chi connectivity index (χ4v) is 0.0943. The quantitative estimate of drug-likeness (QED) is 0.298. The van der Waals surface area contributed by atoms with E-state index >= 15 is 0 Å². The zero-order valence-corrected chi connectivity index (χ0v) is 4.29. The molecular formula is C4H11N2O2-. The van der Waals surface area contributed by atoms with Crippen molar-refractivity contribution in [1.82, 2.24) is 0 Å². The zero-order chi connectivity index (χ0) is 5.86. The maximum atomic E-state index is 9.95. The maximum Gasteiger partial charge on any atom is 0.184 e. The van der Waals surface area contributed by atoms with Crippen molar-refractivity contribution in [3.8, 4) is 0 Å². The molecule has 0 spiro atoms. The first-order valence-electron chi connectivity index (χ1n) is 1.98. The van der Waals surface area contributed by atoms with Gasteiger partial charge in [0.25, 0.3) is 0 Å². The average molecular weight is 119 g/mol. The smallest absolute Gasteiger partial charge is 0.184 e. The average Bonchev–Trinajstić information content (AvgIpc) is 1.65. The zero-order valence-electron chi connectivity index (χ0n) is 4.29. The lowest BCUT2D eigenvalue weighted by Crippen LogP contribution is -2.09. The van der Waals surface area contributed by atoms with Crippen LogP contribution in [0.2, 0.25) is 0 Å². The fourth-order valence-electron chi connectivity index (χ4n) is 0.0943. The molecule has 4 nitrogen and oxygen atoms in total. The van der Waals surface area contributed by atoms with Crippen molar-refractivity contribution in [2.75, 3.05) is 0 Å². The van der Waals surface area contributed by atoms with E-state index in [1.54, 1.807) is 13.8 Å². The molecule has 50 valence electrons. The summed E-state index contributed by atoms with van der Waals surface area (Å²) in [6.07, 6.45) is 0. The molecule has 0 aromatic carbocycles. The molecule has 0 aliphatic rings. The summed E-state index contributed by atoms with van der Waals surface area (Å²) in [7, 11) is 0. The minimum atomic E-state index is -0.336. The Morgan fingerprint density at radius 1 is 1.50 bits per heavy atom. The lowest BCUT2D eigenvalue weighted by Gasteiger charge is -2.03. The van der Waals surface area contributed by atoms with Crippen molar-refractivity contribution in [2.24, 2.45) is 5.28 Å². The van der Waals surface area contributed by atoms with Gasteiger partial charge in [0, 0.05) is 13.8 Å². The number of hydrogen-bond acceptors (Lipinski definition) is 3. The molecule has 0 radical (unpaired) electrons. The highest BCUT2D eigenvalue weighted by Crippen LogP contribution is 1.84. The second-order valence-corrected chi connectivity index (χ2v) is 1.48. The van der Waals surface area contributed by atoms with Gasteiger partial charge in [0.05, 0.1) is 0 Å². The van der Waals surface area contributed by atoms with Crippen molar-refractivity contribution < 1.29 is 4.86 Å². The third kappa shape index (κ3) is 3.39. The monoisotopic (exact) mass is 119 g/mol. The minimum absolute atomic E-state index is 0. The Hall–Kier alpha value is -0.800. The van der Waals surface area contributed by atoms with Crippen molar-refractivity contribution in [1.29, 1.82) is 0 Å². The molecule has 0 fully saturated rings. The molecule has 0 heterocycles. The molecule has 0 aliphatic carbocycles. The van der Waals surface area contributed by atoms with Crippen LogP contribution in [0.25, 0.3) is 0 Å². The van der Waals surface area contributed by atoms with Gasteiger partial charge >= 0.3 is 0 Å². The van der Waals surface area contributed by atoms with Crippen molar-refractivity contribution in [3.05, 3.63) is 10.4 Å². The van der Waals surface area contributed by atoms with E-state index in [4.69, 9.17) is 0 Å². The van der Waals surface area contributed by atoms with E-state index in [9.17, 15) is 10.4 Å². The molecule has 0 bridgehead atoms. The third-order valence-corrected chi connectivity index (χ3v) is 0.522. The van der Waals surface area contributed by atoms with Crippen LogP contribution >= 0.6 is 0 Å². The predicted molar refractivity (Wildman–Crippen MR) is 31.3 cm³/mol. The molecule has 0 saturated heterocycles. The Morgan fingerprint density at radius 2 is 1.88 bits per heavy atom. The SMILES string of the molecule is C.CC(C)/[N+]([O-])=N/[O-]. The number of hydrogen-bond donors (Lipinski definition) is 0. The number of nitrogens with zero attached hydrogens (tertiary/aromatic N) is 2. The lowest BCUT2D eigenvalue weighted by atomic mass is 10.4. The van der Waals surface area contributed by atoms with Crippen LogP contribution in [0.3, 0.4) is 0 Å². The third-order valence-electron chi connectivity index (χ3n) is 0.522. The Morgan fingerprint density at radius 3 is 1.88 bits per heavy atom. The first kappa shape index (κ1) is 10.2. The second-order valence-electron chi connectivity index (χ2n) is 1.48. The highest BCUT2D eigenvalue weighted by atomic mass is 16.6. The summed E-state index contributed by atoms with van der Waals surface area (Å²) in [5.41, 5.74) is 0. The molecule has 4 heteroatoms. The van der Waals surface area contributed by atoms with Crippen LogP contribution in [0.15, 0.2) is 5.28 Å². The standard InChI is InChI=1S/C3H8N2O2.CH4/c1-3(2)5(7)4-6;/h3,6H,1-2H3;1H4/p-1/b5-4-;. The van der Waals surface area contributed by atoms with Crippen LogP contribution in [-0.4, -0.2) is 10.9 Å². The van der Waals surface area contributed by atoms with Crippen molar-refractivity contribution >= 4 is 0 Å². The normalized spacial score (nSPS) is 11.1. The van der Waals surface area contributed by atoms with Gasteiger partial charge in [-0.15, -0.1) is 0 Å². The number of rotatable bonds is 1. The van der Waals surface area contributed by atoms with Gasteiger partial charge < -0.3 is 10.4 Å². The molecule has 0 aromatic rings. The van der Waals surface area contributed by atoms with E-state index in [0.29, 0.717) is 0 Å². The Labute approximate surface area is 49.0 Å². The van der Waals surface area contributed by atoms with Gasteiger partial charge in [0.15, 0.2) is 6.04 Å². The fraction of sp³-hybridized carbons (Fsp3) is 1.00. The summed E-state index contributed by atoms with van der Waals surface area (Å²) in [6.45, 7) is 3.18. The van der Waals surface area contributed by atoms with Crippen LogP contribution in [0.5, 0.6) is 0 Å². The largest absolute Gasteiger partial charge is 0.739 e. The molecule has 0 unspecified atom stereocenters. The summed E-state index contributed by atoms with van der Waals surface area (Å²) >= 11 is 0. The highest BCUT2D eigenvalue weighted by Gasteiger charge is 1.95. The van der Waals surface area contributed by atoms with Crippen LogP contribution in [0, 0.1) is 10.4 Å². The molecule has 8 heavy (non-hydrogen) atoms. The van der Waals surface area contributed by atoms with Crippen LogP contribution in [0.1, 0.15) is 21.3 Å². The Kier molecular flexibility index (Phi) is 5.58. The van der Waals surface area contributed by atoms with E-state index in [-0.39, 0.29) is 18.3 Å². The van der Waals surface area contributed by atoms with Gasteiger partial charge in [-0.05, 0) is 5.28 Å². The van der Waals surface area contributed by atoms with Crippen molar-refractivity contribution in [2.45, 2.75) is 27.3 Å². The highest BCUT2D eigenvalue weighted by molar-refractivity contribution is 4.29. The first-order chi connectivity index (χ1) is 3.18. The van der Waals surface area contributed by atoms with Gasteiger partial charge in [0.2, 0.25) is 0 Å². The molecule has 0 atom stereocenters. The first-order valence-corrected chi connectivity index (χ1v) is 1.98. The Balaban J connectivity index is 0.